The molecular weight excluding hydrogens is 417 g/mol. The molecule has 0 radical (unpaired) electrons. The summed E-state index contributed by atoms with van der Waals surface area (Å²) in [6, 6.07) is 0. The van der Waals surface area contributed by atoms with E-state index in [1.807, 2.05) is 70.6 Å². The molecule has 1 rings (SSSR count). The maximum absolute atomic E-state index is 4.40. The molecule has 1 saturated heterocycles. The van der Waals surface area contributed by atoms with Crippen LogP contribution in [0.4, 0.5) is 0 Å². The van der Waals surface area contributed by atoms with Crippen molar-refractivity contribution in [3.8, 4) is 0 Å². The number of rotatable bonds is 8. The first-order valence-electron chi connectivity index (χ1n) is 4.93. The van der Waals surface area contributed by atoms with Crippen molar-refractivity contribution in [2.45, 2.75) is 13.2 Å². The standard InChI is InChI=1S/C8H16S10/c9-2-13-7(14-3-10)1-8(15-4-11,16-5-12)18-6-17-7/h9-12H,1-6H2. The molecule has 0 aromatic carbocycles. The zero-order valence-electron chi connectivity index (χ0n) is 9.48. The van der Waals surface area contributed by atoms with Crippen LogP contribution in [-0.2, 0) is 0 Å². The summed E-state index contributed by atoms with van der Waals surface area (Å²) in [5.74, 6) is 0. The van der Waals surface area contributed by atoms with E-state index in [9.17, 15) is 0 Å². The van der Waals surface area contributed by atoms with Crippen LogP contribution in [0.25, 0.3) is 0 Å². The van der Waals surface area contributed by atoms with E-state index in [0.717, 1.165) is 31.8 Å². The summed E-state index contributed by atoms with van der Waals surface area (Å²) in [5, 5.41) is 4.53. The number of hydrogen-bond acceptors (Lipinski definition) is 10. The van der Waals surface area contributed by atoms with Crippen molar-refractivity contribution in [3.63, 3.8) is 0 Å². The molecule has 10 heteroatoms. The van der Waals surface area contributed by atoms with Crippen LogP contribution in [0.15, 0.2) is 0 Å². The van der Waals surface area contributed by atoms with Crippen LogP contribution in [0.3, 0.4) is 0 Å². The molecule has 1 aliphatic heterocycles. The number of thiol groups is 4. The van der Waals surface area contributed by atoms with E-state index in [4.69, 9.17) is 0 Å². The van der Waals surface area contributed by atoms with Crippen LogP contribution in [0.2, 0.25) is 0 Å². The zero-order valence-corrected chi connectivity index (χ0v) is 18.0. The summed E-state index contributed by atoms with van der Waals surface area (Å²) in [6.45, 7) is 0. The van der Waals surface area contributed by atoms with E-state index in [0.29, 0.717) is 0 Å². The first-order valence-corrected chi connectivity index (χ1v) is 13.4. The molecule has 1 aliphatic rings. The largest absolute Gasteiger partial charge is 0.168 e. The Morgan fingerprint density at radius 2 is 1.06 bits per heavy atom. The van der Waals surface area contributed by atoms with E-state index in [1.54, 1.807) is 0 Å². The molecule has 0 saturated carbocycles. The molecule has 0 N–H and O–H groups in total. The fourth-order valence-corrected chi connectivity index (χ4v) is 16.5. The molecule has 0 aliphatic carbocycles. The Kier molecular flexibility index (Phi) is 11.2. The Balaban J connectivity index is 2.81. The summed E-state index contributed by atoms with van der Waals surface area (Å²) >= 11 is 29.4. The Hall–Kier alpha value is 3.50. The van der Waals surface area contributed by atoms with Crippen molar-refractivity contribution in [2.24, 2.45) is 0 Å². The minimum Gasteiger partial charge on any atom is -0.168 e. The molecule has 0 unspecified atom stereocenters. The molecule has 108 valence electrons. The van der Waals surface area contributed by atoms with Gasteiger partial charge in [0, 0.05) is 31.8 Å². The molecule has 1 fully saturated rings. The molecule has 0 amide bonds. The predicted octanol–water partition coefficient (Wildman–Crippen LogP) is 5.60. The third kappa shape index (κ3) is 5.95. The Bertz CT molecular complexity index is 189. The van der Waals surface area contributed by atoms with Crippen LogP contribution in [0, 0.1) is 0 Å². The topological polar surface area (TPSA) is 0 Å². The van der Waals surface area contributed by atoms with E-state index in [1.165, 1.54) is 0 Å². The maximum atomic E-state index is 4.40. The van der Waals surface area contributed by atoms with E-state index >= 15 is 0 Å². The highest BCUT2D eigenvalue weighted by Crippen LogP contribution is 2.65. The molecular formula is C8H16S10. The average Bonchev–Trinajstić information content (AvgIpc) is 2.30. The van der Waals surface area contributed by atoms with Crippen molar-refractivity contribution in [3.05, 3.63) is 0 Å². The van der Waals surface area contributed by atoms with Gasteiger partial charge in [0.1, 0.15) is 6.82 Å². The SMILES string of the molecule is SCSC1(SCS)CC(SCS)(SCS)SCS1. The van der Waals surface area contributed by atoms with Gasteiger partial charge in [-0.2, -0.15) is 50.5 Å². The molecule has 1 heterocycles. The highest BCUT2D eigenvalue weighted by Gasteiger charge is 2.47. The van der Waals surface area contributed by atoms with Crippen LogP contribution in [0.1, 0.15) is 6.42 Å². The molecule has 18 heavy (non-hydrogen) atoms. The van der Waals surface area contributed by atoms with Gasteiger partial charge >= 0.3 is 0 Å². The second-order valence-electron chi connectivity index (χ2n) is 3.04. The highest BCUT2D eigenvalue weighted by atomic mass is 32.3. The van der Waals surface area contributed by atoms with Crippen molar-refractivity contribution >= 4 is 121 Å². The highest BCUT2D eigenvalue weighted by molar-refractivity contribution is 8.43. The monoisotopic (exact) mass is 432 g/mol. The molecule has 0 atom stereocenters. The van der Waals surface area contributed by atoms with E-state index in [2.05, 4.69) is 50.5 Å². The average molecular weight is 433 g/mol. The summed E-state index contributed by atoms with van der Waals surface area (Å²) in [7, 11) is 0. The van der Waals surface area contributed by atoms with E-state index in [-0.39, 0.29) is 6.82 Å². The van der Waals surface area contributed by atoms with Crippen molar-refractivity contribution in [2.75, 3.05) is 25.4 Å². The lowest BCUT2D eigenvalue weighted by molar-refractivity contribution is 0.941. The van der Waals surface area contributed by atoms with Gasteiger partial charge < -0.3 is 0 Å². The lowest BCUT2D eigenvalue weighted by atomic mass is 10.5. The zero-order chi connectivity index (χ0) is 13.5. The van der Waals surface area contributed by atoms with Gasteiger partial charge in [-0.25, -0.2) is 0 Å². The normalized spacial score (nSPS) is 22.0. The molecule has 0 aromatic rings. The van der Waals surface area contributed by atoms with Gasteiger partial charge in [0.2, 0.25) is 0 Å². The van der Waals surface area contributed by atoms with Gasteiger partial charge in [-0.05, 0) is 0 Å². The molecule has 0 aromatic heterocycles. The summed E-state index contributed by atoms with van der Waals surface area (Å²) in [4.78, 5) is 0. The van der Waals surface area contributed by atoms with Crippen LogP contribution >= 0.6 is 121 Å². The Morgan fingerprint density at radius 1 is 0.722 bits per heavy atom. The second-order valence-corrected chi connectivity index (χ2v) is 15.6. The quantitative estimate of drug-likeness (QED) is 0.289. The Morgan fingerprint density at radius 3 is 1.33 bits per heavy atom. The van der Waals surface area contributed by atoms with Crippen molar-refractivity contribution in [1.82, 2.24) is 0 Å². The lowest BCUT2D eigenvalue weighted by Crippen LogP contribution is -2.33. The fraction of sp³-hybridized carbons (Fsp3) is 1.00. The Labute approximate surface area is 158 Å². The fourth-order valence-electron chi connectivity index (χ4n) is 1.42. The van der Waals surface area contributed by atoms with Crippen LogP contribution < -0.4 is 0 Å². The molecule has 0 nitrogen and oxygen atoms in total. The second kappa shape index (κ2) is 10.3. The number of hydrogen-bond donors (Lipinski definition) is 4. The van der Waals surface area contributed by atoms with E-state index < -0.39 is 0 Å². The third-order valence-corrected chi connectivity index (χ3v) is 12.9. The minimum absolute atomic E-state index is 0.181. The molecule has 0 spiro atoms. The van der Waals surface area contributed by atoms with Crippen molar-refractivity contribution in [1.29, 1.82) is 0 Å². The van der Waals surface area contributed by atoms with Gasteiger partial charge in [0.15, 0.2) is 0 Å². The third-order valence-electron chi connectivity index (χ3n) is 2.13. The smallest absolute Gasteiger partial charge is 0.112 e. The van der Waals surface area contributed by atoms with Gasteiger partial charge in [0.25, 0.3) is 0 Å². The maximum Gasteiger partial charge on any atom is 0.112 e. The van der Waals surface area contributed by atoms with Gasteiger partial charge in [-0.3, -0.25) is 0 Å². The molecule has 0 bridgehead atoms. The first kappa shape index (κ1) is 19.5. The van der Waals surface area contributed by atoms with Crippen LogP contribution in [0.5, 0.6) is 0 Å². The van der Waals surface area contributed by atoms with Gasteiger partial charge in [-0.1, -0.05) is 0 Å². The first-order chi connectivity index (χ1) is 8.66. The minimum atomic E-state index is 0.181. The van der Waals surface area contributed by atoms with Crippen molar-refractivity contribution < 1.29 is 0 Å². The number of thioether (sulfide) groups is 6. The van der Waals surface area contributed by atoms with Gasteiger partial charge in [-0.15, -0.1) is 70.6 Å². The summed E-state index contributed by atoms with van der Waals surface area (Å²) in [6.07, 6.45) is 1.13. The predicted molar refractivity (Wildman–Crippen MR) is 116 cm³/mol. The van der Waals surface area contributed by atoms with Crippen LogP contribution in [-0.4, -0.2) is 32.2 Å². The van der Waals surface area contributed by atoms with Gasteiger partial charge in [0.05, 0.1) is 0 Å². The lowest BCUT2D eigenvalue weighted by Gasteiger charge is -2.45. The summed E-state index contributed by atoms with van der Waals surface area (Å²) in [5.41, 5.74) is 0. The summed E-state index contributed by atoms with van der Waals surface area (Å²) < 4.78 is 0.362.